The van der Waals surface area contributed by atoms with E-state index in [-0.39, 0.29) is 0 Å². The molecule has 0 saturated heterocycles. The molecule has 1 aliphatic carbocycles. The molecule has 0 spiro atoms. The first-order valence-electron chi connectivity index (χ1n) is 4.52. The van der Waals surface area contributed by atoms with Crippen molar-refractivity contribution in [2.75, 3.05) is 0 Å². The molecule has 0 aliphatic heterocycles. The van der Waals surface area contributed by atoms with Crippen molar-refractivity contribution in [2.24, 2.45) is 5.73 Å². The van der Waals surface area contributed by atoms with Crippen LogP contribution in [0.5, 0.6) is 5.75 Å². The van der Waals surface area contributed by atoms with Gasteiger partial charge in [0.05, 0.1) is 4.47 Å². The SMILES string of the molecule is NC1CC(Oc2ccc(Br)cc2Br)C1. The molecule has 0 unspecified atom stereocenters. The zero-order valence-corrected chi connectivity index (χ0v) is 10.7. The minimum absolute atomic E-state index is 0.294. The van der Waals surface area contributed by atoms with Crippen LogP contribution in [0, 0.1) is 0 Å². The Labute approximate surface area is 100 Å². The first-order valence-corrected chi connectivity index (χ1v) is 6.11. The molecule has 14 heavy (non-hydrogen) atoms. The van der Waals surface area contributed by atoms with Crippen molar-refractivity contribution in [3.8, 4) is 5.75 Å². The number of ether oxygens (including phenoxy) is 1. The molecule has 76 valence electrons. The van der Waals surface area contributed by atoms with E-state index in [0.29, 0.717) is 12.1 Å². The lowest BCUT2D eigenvalue weighted by molar-refractivity contribution is 0.100. The standard InChI is InChI=1S/C10H11Br2NO/c11-6-1-2-10(9(12)3-6)14-8-4-7(13)5-8/h1-3,7-8H,4-5,13H2. The highest BCUT2D eigenvalue weighted by Gasteiger charge is 2.27. The van der Waals surface area contributed by atoms with Crippen LogP contribution in [-0.4, -0.2) is 12.1 Å². The van der Waals surface area contributed by atoms with Gasteiger partial charge in [0.1, 0.15) is 11.9 Å². The number of benzene rings is 1. The molecule has 0 heterocycles. The van der Waals surface area contributed by atoms with Gasteiger partial charge in [0.25, 0.3) is 0 Å². The van der Waals surface area contributed by atoms with Crippen LogP contribution in [0.4, 0.5) is 0 Å². The predicted octanol–water partition coefficient (Wildman–Crippen LogP) is 3.08. The van der Waals surface area contributed by atoms with Crippen molar-refractivity contribution in [3.63, 3.8) is 0 Å². The molecular formula is C10H11Br2NO. The maximum Gasteiger partial charge on any atom is 0.133 e. The van der Waals surface area contributed by atoms with E-state index in [2.05, 4.69) is 31.9 Å². The Balaban J connectivity index is 2.02. The van der Waals surface area contributed by atoms with Gasteiger partial charge >= 0.3 is 0 Å². The minimum atomic E-state index is 0.294. The fourth-order valence-corrected chi connectivity index (χ4v) is 2.59. The molecule has 1 aromatic carbocycles. The van der Waals surface area contributed by atoms with E-state index in [1.54, 1.807) is 0 Å². The molecule has 1 saturated carbocycles. The van der Waals surface area contributed by atoms with Crippen molar-refractivity contribution in [1.29, 1.82) is 0 Å². The summed E-state index contributed by atoms with van der Waals surface area (Å²) < 4.78 is 7.78. The lowest BCUT2D eigenvalue weighted by Gasteiger charge is -2.32. The van der Waals surface area contributed by atoms with Gasteiger partial charge in [-0.1, -0.05) is 15.9 Å². The van der Waals surface area contributed by atoms with Crippen molar-refractivity contribution >= 4 is 31.9 Å². The quantitative estimate of drug-likeness (QED) is 0.909. The lowest BCUT2D eigenvalue weighted by Crippen LogP contribution is -2.43. The average molecular weight is 321 g/mol. The van der Waals surface area contributed by atoms with Crippen LogP contribution >= 0.6 is 31.9 Å². The molecule has 4 heteroatoms. The molecule has 1 aliphatic rings. The highest BCUT2D eigenvalue weighted by Crippen LogP contribution is 2.32. The summed E-state index contributed by atoms with van der Waals surface area (Å²) in [6, 6.07) is 6.24. The summed E-state index contributed by atoms with van der Waals surface area (Å²) in [5.41, 5.74) is 5.69. The summed E-state index contributed by atoms with van der Waals surface area (Å²) in [5.74, 6) is 0.894. The molecule has 0 atom stereocenters. The van der Waals surface area contributed by atoms with Gasteiger partial charge in [-0.05, 0) is 47.0 Å². The Kier molecular flexibility index (Phi) is 3.14. The fourth-order valence-electron chi connectivity index (χ4n) is 1.45. The zero-order valence-electron chi connectivity index (χ0n) is 7.54. The summed E-state index contributed by atoms with van der Waals surface area (Å²) >= 11 is 6.86. The molecule has 2 N–H and O–H groups in total. The fraction of sp³-hybridized carbons (Fsp3) is 0.400. The van der Waals surface area contributed by atoms with Gasteiger partial charge in [0.15, 0.2) is 0 Å². The Morgan fingerprint density at radius 3 is 2.57 bits per heavy atom. The monoisotopic (exact) mass is 319 g/mol. The number of rotatable bonds is 2. The minimum Gasteiger partial charge on any atom is -0.489 e. The maximum absolute atomic E-state index is 5.76. The van der Waals surface area contributed by atoms with E-state index in [1.165, 1.54) is 0 Å². The second kappa shape index (κ2) is 4.21. The number of nitrogens with two attached hydrogens (primary N) is 1. The van der Waals surface area contributed by atoms with Crippen LogP contribution in [0.1, 0.15) is 12.8 Å². The molecule has 0 bridgehead atoms. The molecule has 0 amide bonds. The van der Waals surface area contributed by atoms with E-state index < -0.39 is 0 Å². The second-order valence-corrected chi connectivity index (χ2v) is 5.32. The molecule has 2 nitrogen and oxygen atoms in total. The highest BCUT2D eigenvalue weighted by molar-refractivity contribution is 9.11. The van der Waals surface area contributed by atoms with Crippen LogP contribution in [0.15, 0.2) is 27.1 Å². The highest BCUT2D eigenvalue weighted by atomic mass is 79.9. The summed E-state index contributed by atoms with van der Waals surface area (Å²) in [6.45, 7) is 0. The van der Waals surface area contributed by atoms with Crippen molar-refractivity contribution < 1.29 is 4.74 Å². The third kappa shape index (κ3) is 2.30. The van der Waals surface area contributed by atoms with E-state index in [1.807, 2.05) is 18.2 Å². The number of hydrogen-bond acceptors (Lipinski definition) is 2. The third-order valence-electron chi connectivity index (χ3n) is 2.32. The zero-order chi connectivity index (χ0) is 10.1. The topological polar surface area (TPSA) is 35.2 Å². The molecular weight excluding hydrogens is 310 g/mol. The molecule has 0 aromatic heterocycles. The third-order valence-corrected chi connectivity index (χ3v) is 3.43. The summed E-state index contributed by atoms with van der Waals surface area (Å²) in [7, 11) is 0. The Morgan fingerprint density at radius 2 is 2.00 bits per heavy atom. The number of hydrogen-bond donors (Lipinski definition) is 1. The van der Waals surface area contributed by atoms with Crippen LogP contribution < -0.4 is 10.5 Å². The first kappa shape index (κ1) is 10.5. The van der Waals surface area contributed by atoms with Crippen molar-refractivity contribution in [3.05, 3.63) is 27.1 Å². The predicted molar refractivity (Wildman–Crippen MR) is 63.5 cm³/mol. The second-order valence-electron chi connectivity index (χ2n) is 3.55. The van der Waals surface area contributed by atoms with Gasteiger partial charge in [0.2, 0.25) is 0 Å². The van der Waals surface area contributed by atoms with E-state index >= 15 is 0 Å². The molecule has 0 radical (unpaired) electrons. The first-order chi connectivity index (χ1) is 6.65. The molecule has 1 aromatic rings. The normalized spacial score (nSPS) is 25.6. The van der Waals surface area contributed by atoms with Crippen LogP contribution in [-0.2, 0) is 0 Å². The van der Waals surface area contributed by atoms with Gasteiger partial charge in [0, 0.05) is 10.5 Å². The molecule has 2 rings (SSSR count). The smallest absolute Gasteiger partial charge is 0.133 e. The van der Waals surface area contributed by atoms with E-state index in [4.69, 9.17) is 10.5 Å². The maximum atomic E-state index is 5.76. The van der Waals surface area contributed by atoms with E-state index in [9.17, 15) is 0 Å². The van der Waals surface area contributed by atoms with Gasteiger partial charge in [-0.25, -0.2) is 0 Å². The van der Waals surface area contributed by atoms with Gasteiger partial charge in [-0.2, -0.15) is 0 Å². The van der Waals surface area contributed by atoms with E-state index in [0.717, 1.165) is 27.5 Å². The average Bonchev–Trinajstić information content (AvgIpc) is 2.06. The Morgan fingerprint density at radius 1 is 1.29 bits per heavy atom. The number of halogens is 2. The van der Waals surface area contributed by atoms with Crippen molar-refractivity contribution in [1.82, 2.24) is 0 Å². The summed E-state index contributed by atoms with van der Waals surface area (Å²) in [4.78, 5) is 0. The van der Waals surface area contributed by atoms with Gasteiger partial charge in [-0.15, -0.1) is 0 Å². The lowest BCUT2D eigenvalue weighted by atomic mass is 9.90. The van der Waals surface area contributed by atoms with Crippen molar-refractivity contribution in [2.45, 2.75) is 25.0 Å². The summed E-state index contributed by atoms with van der Waals surface area (Å²) in [6.07, 6.45) is 2.22. The van der Waals surface area contributed by atoms with Crippen LogP contribution in [0.2, 0.25) is 0 Å². The van der Waals surface area contributed by atoms with Crippen LogP contribution in [0.3, 0.4) is 0 Å². The Bertz CT molecular complexity index is 337. The largest absolute Gasteiger partial charge is 0.489 e. The van der Waals surface area contributed by atoms with Crippen LogP contribution in [0.25, 0.3) is 0 Å². The summed E-state index contributed by atoms with van der Waals surface area (Å²) in [5, 5.41) is 0. The molecule has 1 fully saturated rings. The van der Waals surface area contributed by atoms with Gasteiger partial charge in [-0.3, -0.25) is 0 Å². The Hall–Kier alpha value is -0.0600. The van der Waals surface area contributed by atoms with Gasteiger partial charge < -0.3 is 10.5 Å².